The molecule has 62 valence electrons. The molecule has 0 aliphatic rings. The van der Waals surface area contributed by atoms with Gasteiger partial charge >= 0.3 is 0 Å². The molecule has 0 rings (SSSR count). The Morgan fingerprint density at radius 2 is 2.00 bits per heavy atom. The van der Waals surface area contributed by atoms with Crippen LogP contribution in [-0.4, -0.2) is 5.75 Å². The maximum absolute atomic E-state index is 5.52. The van der Waals surface area contributed by atoms with Crippen molar-refractivity contribution in [3.63, 3.8) is 0 Å². The normalized spacial score (nSPS) is 8.36. The molecule has 0 aromatic heterocycles. The minimum Gasteiger partial charge on any atom is -0.0747 e. The molecular formula is C7H7Cl3S. The second-order valence-electron chi connectivity index (χ2n) is 1.65. The molecule has 0 bridgehead atoms. The van der Waals surface area contributed by atoms with Crippen molar-refractivity contribution in [3.8, 4) is 11.2 Å². The van der Waals surface area contributed by atoms with Crippen LogP contribution in [-0.2, 0) is 0 Å². The lowest BCUT2D eigenvalue weighted by molar-refractivity contribution is 1.11. The zero-order chi connectivity index (χ0) is 8.69. The van der Waals surface area contributed by atoms with Gasteiger partial charge in [0.1, 0.15) is 9.52 Å². The highest BCUT2D eigenvalue weighted by atomic mass is 35.5. The van der Waals surface area contributed by atoms with Gasteiger partial charge in [0.25, 0.3) is 0 Å². The number of hydrogen-bond donors (Lipinski definition) is 0. The average molecular weight is 230 g/mol. The van der Waals surface area contributed by atoms with E-state index in [1.54, 1.807) is 0 Å². The Morgan fingerprint density at radius 3 is 2.45 bits per heavy atom. The lowest BCUT2D eigenvalue weighted by atomic mass is 10.6. The summed E-state index contributed by atoms with van der Waals surface area (Å²) in [5.41, 5.74) is 0. The first-order valence-electron chi connectivity index (χ1n) is 3.02. The highest BCUT2D eigenvalue weighted by molar-refractivity contribution is 8.03. The zero-order valence-corrected chi connectivity index (χ0v) is 9.04. The van der Waals surface area contributed by atoms with Gasteiger partial charge in [0, 0.05) is 5.75 Å². The predicted molar refractivity (Wildman–Crippen MR) is 55.1 cm³/mol. The number of thioether (sulfide) groups is 1. The van der Waals surface area contributed by atoms with Crippen molar-refractivity contribution in [2.75, 3.05) is 5.75 Å². The first-order valence-corrected chi connectivity index (χ1v) is 5.14. The van der Waals surface area contributed by atoms with Gasteiger partial charge in [-0.25, -0.2) is 0 Å². The minimum atomic E-state index is 0.0243. The molecule has 0 atom stereocenters. The van der Waals surface area contributed by atoms with Crippen LogP contribution in [0.3, 0.4) is 0 Å². The Bertz CT molecular complexity index is 195. The molecule has 0 aliphatic carbocycles. The standard InChI is InChI=1S/C7H7Cl3S/c1-2-4-11-5-3-6(8)7(9)10/h2,4H2,1H3. The fourth-order valence-corrected chi connectivity index (χ4v) is 0.959. The number of halogens is 3. The molecule has 0 saturated heterocycles. The van der Waals surface area contributed by atoms with Crippen LogP contribution in [0.2, 0.25) is 0 Å². The van der Waals surface area contributed by atoms with E-state index in [0.717, 1.165) is 12.2 Å². The average Bonchev–Trinajstić information content (AvgIpc) is 1.97. The van der Waals surface area contributed by atoms with E-state index in [9.17, 15) is 0 Å². The first-order chi connectivity index (χ1) is 5.18. The Morgan fingerprint density at radius 1 is 1.36 bits per heavy atom. The van der Waals surface area contributed by atoms with Crippen LogP contribution < -0.4 is 0 Å². The number of rotatable bonds is 2. The summed E-state index contributed by atoms with van der Waals surface area (Å²) >= 11 is 17.7. The third-order valence-electron chi connectivity index (χ3n) is 0.705. The van der Waals surface area contributed by atoms with Gasteiger partial charge in [-0.2, -0.15) is 0 Å². The SMILES string of the molecule is CCCSC#CC(Cl)=C(Cl)Cl. The zero-order valence-electron chi connectivity index (χ0n) is 5.96. The van der Waals surface area contributed by atoms with E-state index in [1.165, 1.54) is 11.8 Å². The van der Waals surface area contributed by atoms with E-state index in [-0.39, 0.29) is 9.52 Å². The molecule has 0 heterocycles. The maximum atomic E-state index is 5.52. The smallest absolute Gasteiger partial charge is 0.0747 e. The van der Waals surface area contributed by atoms with Gasteiger partial charge < -0.3 is 0 Å². The summed E-state index contributed by atoms with van der Waals surface area (Å²) in [6, 6.07) is 0. The van der Waals surface area contributed by atoms with E-state index >= 15 is 0 Å². The fourth-order valence-electron chi connectivity index (χ4n) is 0.281. The van der Waals surface area contributed by atoms with Crippen LogP contribution in [0.15, 0.2) is 9.52 Å². The quantitative estimate of drug-likeness (QED) is 0.510. The molecular weight excluding hydrogens is 223 g/mol. The summed E-state index contributed by atoms with van der Waals surface area (Å²) in [6.45, 7) is 2.08. The molecule has 4 heteroatoms. The lowest BCUT2D eigenvalue weighted by Gasteiger charge is -1.84. The highest BCUT2D eigenvalue weighted by Gasteiger charge is 1.91. The van der Waals surface area contributed by atoms with Crippen LogP contribution in [0.25, 0.3) is 0 Å². The summed E-state index contributed by atoms with van der Waals surface area (Å²) < 4.78 is 0.0243. The van der Waals surface area contributed by atoms with Gasteiger partial charge in [-0.05, 0) is 17.6 Å². The van der Waals surface area contributed by atoms with Gasteiger partial charge in [0.05, 0.1) is 0 Å². The molecule has 0 amide bonds. The molecule has 0 aliphatic heterocycles. The van der Waals surface area contributed by atoms with Crippen molar-refractivity contribution >= 4 is 46.6 Å². The van der Waals surface area contributed by atoms with Gasteiger partial charge in [0.2, 0.25) is 0 Å². The molecule has 0 unspecified atom stereocenters. The van der Waals surface area contributed by atoms with E-state index in [1.807, 2.05) is 0 Å². The molecule has 0 aromatic rings. The van der Waals surface area contributed by atoms with Crippen molar-refractivity contribution in [3.05, 3.63) is 9.52 Å². The number of allylic oxidation sites excluding steroid dienone is 1. The number of hydrogen-bond acceptors (Lipinski definition) is 1. The first kappa shape index (κ1) is 11.5. The van der Waals surface area contributed by atoms with Gasteiger partial charge in [0.15, 0.2) is 0 Å². The molecule has 0 N–H and O–H groups in total. The second-order valence-corrected chi connectivity index (χ2v) is 3.88. The predicted octanol–water partition coefficient (Wildman–Crippen LogP) is 3.98. The van der Waals surface area contributed by atoms with Crippen LogP contribution in [0.1, 0.15) is 13.3 Å². The molecule has 0 aromatic carbocycles. The van der Waals surface area contributed by atoms with Gasteiger partial charge in [-0.3, -0.25) is 0 Å². The van der Waals surface area contributed by atoms with Crippen molar-refractivity contribution in [1.82, 2.24) is 0 Å². The summed E-state index contributed by atoms with van der Waals surface area (Å²) in [7, 11) is 0. The third-order valence-corrected chi connectivity index (χ3v) is 2.42. The summed E-state index contributed by atoms with van der Waals surface area (Å²) in [5.74, 6) is 3.61. The van der Waals surface area contributed by atoms with Crippen LogP contribution in [0.5, 0.6) is 0 Å². The van der Waals surface area contributed by atoms with Crippen LogP contribution in [0, 0.1) is 11.2 Å². The topological polar surface area (TPSA) is 0 Å². The minimum absolute atomic E-state index is 0.0243. The Hall–Kier alpha value is 0.520. The third kappa shape index (κ3) is 6.90. The Kier molecular flexibility index (Phi) is 7.52. The van der Waals surface area contributed by atoms with Gasteiger partial charge in [-0.15, -0.1) is 0 Å². The van der Waals surface area contributed by atoms with Crippen molar-refractivity contribution in [1.29, 1.82) is 0 Å². The largest absolute Gasteiger partial charge is 0.133 e. The van der Waals surface area contributed by atoms with E-state index < -0.39 is 0 Å². The van der Waals surface area contributed by atoms with E-state index in [0.29, 0.717) is 0 Å². The van der Waals surface area contributed by atoms with Gasteiger partial charge in [-0.1, -0.05) is 53.5 Å². The van der Waals surface area contributed by atoms with Crippen LogP contribution >= 0.6 is 46.6 Å². The lowest BCUT2D eigenvalue weighted by Crippen LogP contribution is -1.68. The maximum Gasteiger partial charge on any atom is 0.133 e. The van der Waals surface area contributed by atoms with E-state index in [2.05, 4.69) is 18.1 Å². The molecule has 0 nitrogen and oxygen atoms in total. The van der Waals surface area contributed by atoms with Crippen molar-refractivity contribution in [2.24, 2.45) is 0 Å². The van der Waals surface area contributed by atoms with Crippen molar-refractivity contribution < 1.29 is 0 Å². The second kappa shape index (κ2) is 7.18. The van der Waals surface area contributed by atoms with Crippen molar-refractivity contribution in [2.45, 2.75) is 13.3 Å². The summed E-state index contributed by atoms with van der Waals surface area (Å²) in [5, 5.41) is 2.98. The molecule has 0 radical (unpaired) electrons. The molecule has 0 spiro atoms. The highest BCUT2D eigenvalue weighted by Crippen LogP contribution is 2.16. The molecule has 0 saturated carbocycles. The molecule has 11 heavy (non-hydrogen) atoms. The fraction of sp³-hybridized carbons (Fsp3) is 0.429. The van der Waals surface area contributed by atoms with E-state index in [4.69, 9.17) is 34.8 Å². The molecule has 0 fully saturated rings. The van der Waals surface area contributed by atoms with Crippen LogP contribution in [0.4, 0.5) is 0 Å². The summed E-state index contributed by atoms with van der Waals surface area (Å²) in [6.07, 6.45) is 1.09. The Balaban J connectivity index is 3.79. The summed E-state index contributed by atoms with van der Waals surface area (Å²) in [4.78, 5) is 0. The Labute approximate surface area is 86.3 Å². The monoisotopic (exact) mass is 228 g/mol.